The number of halogens is 2. The molecule has 0 atom stereocenters. The molecule has 0 aliphatic rings. The summed E-state index contributed by atoms with van der Waals surface area (Å²) in [6, 6.07) is 11.1. The molecule has 0 unspecified atom stereocenters. The van der Waals surface area contributed by atoms with Gasteiger partial charge in [0.25, 0.3) is 0 Å². The molecule has 4 rings (SSSR count). The molecular weight excluding hydrogens is 522 g/mol. The number of carbonyl (C=O) groups excluding carboxylic acids is 1. The topological polar surface area (TPSA) is 85.8 Å². The number of hydrogen-bond acceptors (Lipinski definition) is 7. The zero-order valence-electron chi connectivity index (χ0n) is 16.3. The van der Waals surface area contributed by atoms with Gasteiger partial charge in [0.15, 0.2) is 20.7 Å². The van der Waals surface area contributed by atoms with Crippen LogP contribution in [-0.2, 0) is 11.3 Å². The van der Waals surface area contributed by atoms with Crippen LogP contribution in [0.3, 0.4) is 0 Å². The summed E-state index contributed by atoms with van der Waals surface area (Å²) in [6.07, 6.45) is 0.902. The second kappa shape index (κ2) is 9.99. The van der Waals surface area contributed by atoms with Crippen LogP contribution in [0.1, 0.15) is 13.3 Å². The molecule has 0 bridgehead atoms. The smallest absolute Gasteiger partial charge is 0.236 e. The van der Waals surface area contributed by atoms with Gasteiger partial charge in [0.2, 0.25) is 11.7 Å². The maximum atomic E-state index is 12.5. The largest absolute Gasteiger partial charge is 0.446 e. The molecular formula is C20H17BrClN5O2S2. The lowest BCUT2D eigenvalue weighted by Crippen LogP contribution is -2.14. The Labute approximate surface area is 200 Å². The number of furan rings is 1. The first-order chi connectivity index (χ1) is 15.0. The van der Waals surface area contributed by atoms with E-state index in [1.54, 1.807) is 0 Å². The fourth-order valence-corrected chi connectivity index (χ4v) is 4.74. The Hall–Kier alpha value is -2.14. The second-order valence-corrected chi connectivity index (χ2v) is 9.46. The van der Waals surface area contributed by atoms with Crippen molar-refractivity contribution in [2.45, 2.75) is 25.0 Å². The summed E-state index contributed by atoms with van der Waals surface area (Å²) in [5, 5.41) is 15.1. The number of rotatable bonds is 8. The van der Waals surface area contributed by atoms with E-state index < -0.39 is 0 Å². The van der Waals surface area contributed by atoms with E-state index in [0.29, 0.717) is 31.6 Å². The summed E-state index contributed by atoms with van der Waals surface area (Å²) in [4.78, 5) is 16.9. The molecule has 0 fully saturated rings. The second-order valence-electron chi connectivity index (χ2n) is 6.44. The highest BCUT2D eigenvalue weighted by molar-refractivity contribution is 9.10. The number of amides is 1. The lowest BCUT2D eigenvalue weighted by molar-refractivity contribution is -0.113. The number of thiazole rings is 1. The normalized spacial score (nSPS) is 11.1. The summed E-state index contributed by atoms with van der Waals surface area (Å²) in [7, 11) is 0. The Morgan fingerprint density at radius 3 is 2.77 bits per heavy atom. The van der Waals surface area contributed by atoms with Gasteiger partial charge in [0, 0.05) is 22.5 Å². The maximum Gasteiger partial charge on any atom is 0.236 e. The Morgan fingerprint density at radius 2 is 2.06 bits per heavy atom. The predicted molar refractivity (Wildman–Crippen MR) is 128 cm³/mol. The number of nitrogens with one attached hydrogen (secondary N) is 1. The molecule has 1 N–H and O–H groups in total. The van der Waals surface area contributed by atoms with Crippen molar-refractivity contribution in [3.05, 3.63) is 51.5 Å². The highest BCUT2D eigenvalue weighted by atomic mass is 79.9. The van der Waals surface area contributed by atoms with Crippen LogP contribution in [0.4, 0.5) is 5.13 Å². The third-order valence-corrected chi connectivity index (χ3v) is 6.58. The van der Waals surface area contributed by atoms with Gasteiger partial charge in [-0.2, -0.15) is 0 Å². The fraction of sp³-hybridized carbons (Fsp3) is 0.200. The SMILES string of the molecule is CCCn1c(SCC(=O)Nc2nc(-c3ccc(Cl)cc3)cs2)nnc1-c1ccc(Br)o1. The zero-order chi connectivity index (χ0) is 21.8. The molecule has 160 valence electrons. The summed E-state index contributed by atoms with van der Waals surface area (Å²) in [5.41, 5.74) is 1.74. The van der Waals surface area contributed by atoms with Crippen molar-refractivity contribution in [3.63, 3.8) is 0 Å². The van der Waals surface area contributed by atoms with Gasteiger partial charge in [-0.05, 0) is 46.6 Å². The van der Waals surface area contributed by atoms with Gasteiger partial charge < -0.3 is 9.73 Å². The first-order valence-electron chi connectivity index (χ1n) is 9.36. The quantitative estimate of drug-likeness (QED) is 0.268. The van der Waals surface area contributed by atoms with Gasteiger partial charge in [-0.3, -0.25) is 9.36 Å². The summed E-state index contributed by atoms with van der Waals surface area (Å²) >= 11 is 11.9. The molecule has 3 heterocycles. The molecule has 0 aliphatic heterocycles. The third kappa shape index (κ3) is 5.38. The van der Waals surface area contributed by atoms with Crippen molar-refractivity contribution < 1.29 is 9.21 Å². The number of thioether (sulfide) groups is 1. The van der Waals surface area contributed by atoms with Gasteiger partial charge >= 0.3 is 0 Å². The van der Waals surface area contributed by atoms with E-state index in [1.807, 2.05) is 46.3 Å². The van der Waals surface area contributed by atoms with Crippen molar-refractivity contribution in [1.29, 1.82) is 0 Å². The lowest BCUT2D eigenvalue weighted by Gasteiger charge is -2.07. The van der Waals surface area contributed by atoms with Crippen LogP contribution in [0.5, 0.6) is 0 Å². The van der Waals surface area contributed by atoms with Crippen molar-refractivity contribution in [2.75, 3.05) is 11.1 Å². The predicted octanol–water partition coefficient (Wildman–Crippen LogP) is 6.22. The number of carbonyl (C=O) groups is 1. The summed E-state index contributed by atoms with van der Waals surface area (Å²) < 4.78 is 8.20. The first-order valence-corrected chi connectivity index (χ1v) is 12.4. The van der Waals surface area contributed by atoms with Crippen LogP contribution in [0, 0.1) is 0 Å². The number of benzene rings is 1. The molecule has 0 spiro atoms. The average Bonchev–Trinajstić information content (AvgIpc) is 3.48. The highest BCUT2D eigenvalue weighted by Gasteiger charge is 2.18. The van der Waals surface area contributed by atoms with Gasteiger partial charge in [0.05, 0.1) is 11.4 Å². The van der Waals surface area contributed by atoms with Crippen LogP contribution in [0.2, 0.25) is 5.02 Å². The van der Waals surface area contributed by atoms with E-state index in [2.05, 4.69) is 43.4 Å². The number of nitrogens with zero attached hydrogens (tertiary/aromatic N) is 4. The van der Waals surface area contributed by atoms with Crippen molar-refractivity contribution in [3.8, 4) is 22.8 Å². The van der Waals surface area contributed by atoms with Crippen LogP contribution >= 0.6 is 50.6 Å². The first kappa shape index (κ1) is 22.1. The van der Waals surface area contributed by atoms with Crippen LogP contribution < -0.4 is 5.32 Å². The molecule has 0 saturated heterocycles. The minimum atomic E-state index is -0.157. The van der Waals surface area contributed by atoms with Crippen LogP contribution in [-0.4, -0.2) is 31.4 Å². The lowest BCUT2D eigenvalue weighted by atomic mass is 10.2. The van der Waals surface area contributed by atoms with E-state index in [0.717, 1.165) is 24.2 Å². The van der Waals surface area contributed by atoms with E-state index in [4.69, 9.17) is 16.0 Å². The minimum absolute atomic E-state index is 0.157. The Bertz CT molecular complexity index is 1190. The third-order valence-electron chi connectivity index (χ3n) is 4.18. The van der Waals surface area contributed by atoms with Crippen LogP contribution in [0.15, 0.2) is 56.0 Å². The summed E-state index contributed by atoms with van der Waals surface area (Å²) in [5.74, 6) is 1.31. The fourth-order valence-electron chi connectivity index (χ4n) is 2.81. The van der Waals surface area contributed by atoms with Gasteiger partial charge in [-0.1, -0.05) is 42.4 Å². The monoisotopic (exact) mass is 537 g/mol. The molecule has 3 aromatic heterocycles. The van der Waals surface area contributed by atoms with Gasteiger partial charge in [-0.15, -0.1) is 21.5 Å². The number of anilines is 1. The van der Waals surface area contributed by atoms with E-state index in [-0.39, 0.29) is 11.7 Å². The highest BCUT2D eigenvalue weighted by Crippen LogP contribution is 2.29. The molecule has 0 radical (unpaired) electrons. The molecule has 1 amide bonds. The molecule has 0 saturated carbocycles. The van der Waals surface area contributed by atoms with Crippen molar-refractivity contribution in [1.82, 2.24) is 19.7 Å². The van der Waals surface area contributed by atoms with Crippen molar-refractivity contribution in [2.24, 2.45) is 0 Å². The molecule has 0 aliphatic carbocycles. The minimum Gasteiger partial charge on any atom is -0.446 e. The zero-order valence-corrected chi connectivity index (χ0v) is 20.3. The maximum absolute atomic E-state index is 12.5. The number of aromatic nitrogens is 4. The molecule has 11 heteroatoms. The standard InChI is InChI=1S/C20H17BrClN5O2S2/c1-2-9-27-18(15-7-8-16(21)29-15)25-26-20(27)31-11-17(28)24-19-23-14(10-30-19)12-3-5-13(22)6-4-12/h3-8,10H,2,9,11H2,1H3,(H,23,24,28). The van der Waals surface area contributed by atoms with E-state index in [1.165, 1.54) is 23.1 Å². The summed E-state index contributed by atoms with van der Waals surface area (Å²) in [6.45, 7) is 2.80. The molecule has 31 heavy (non-hydrogen) atoms. The van der Waals surface area contributed by atoms with Crippen molar-refractivity contribution >= 4 is 61.7 Å². The Balaban J connectivity index is 1.40. The Morgan fingerprint density at radius 1 is 1.26 bits per heavy atom. The molecule has 1 aromatic carbocycles. The Kier molecular flexibility index (Phi) is 7.11. The molecule has 7 nitrogen and oxygen atoms in total. The van der Waals surface area contributed by atoms with Crippen LogP contribution in [0.25, 0.3) is 22.8 Å². The number of hydrogen-bond donors (Lipinski definition) is 1. The van der Waals surface area contributed by atoms with E-state index in [9.17, 15) is 4.79 Å². The van der Waals surface area contributed by atoms with Gasteiger partial charge in [0.1, 0.15) is 0 Å². The average molecular weight is 539 g/mol. The van der Waals surface area contributed by atoms with Gasteiger partial charge in [-0.25, -0.2) is 4.98 Å². The van der Waals surface area contributed by atoms with E-state index >= 15 is 0 Å². The molecule has 4 aromatic rings.